The molecule has 1 aromatic carbocycles. The summed E-state index contributed by atoms with van der Waals surface area (Å²) in [5.74, 6) is 0.904. The highest BCUT2D eigenvalue weighted by Gasteiger charge is 2.13. The van der Waals surface area contributed by atoms with Gasteiger partial charge in [-0.15, -0.1) is 0 Å². The van der Waals surface area contributed by atoms with Crippen molar-refractivity contribution < 1.29 is 9.53 Å². The Balaban J connectivity index is 3.06. The second-order valence-corrected chi connectivity index (χ2v) is 4.44. The minimum absolute atomic E-state index is 0.0783. The third kappa shape index (κ3) is 4.66. The molecule has 116 valence electrons. The molecule has 6 heteroatoms. The molecule has 2 amide bonds. The van der Waals surface area contributed by atoms with Gasteiger partial charge >= 0.3 is 6.03 Å². The molecule has 0 aromatic heterocycles. The van der Waals surface area contributed by atoms with Crippen LogP contribution in [0.15, 0.2) is 17.1 Å². The average Bonchev–Trinajstić information content (AvgIpc) is 2.48. The first-order chi connectivity index (χ1) is 10.0. The Kier molecular flexibility index (Phi) is 6.52. The van der Waals surface area contributed by atoms with Gasteiger partial charge in [0.25, 0.3) is 0 Å². The highest BCUT2D eigenvalue weighted by Crippen LogP contribution is 2.28. The van der Waals surface area contributed by atoms with Crippen LogP contribution in [0.25, 0.3) is 0 Å². The third-order valence-electron chi connectivity index (χ3n) is 3.07. The number of aliphatic imine (C=N–C) groups is 1. The maximum atomic E-state index is 11.9. The molecule has 0 heterocycles. The number of amides is 2. The first-order valence-electron chi connectivity index (χ1n) is 7.14. The lowest BCUT2D eigenvalue weighted by Crippen LogP contribution is -2.39. The normalized spacial score (nSPS) is 11.1. The number of nitrogens with one attached hydrogen (secondary N) is 2. The fraction of sp³-hybridized carbons (Fsp3) is 0.467. The van der Waals surface area contributed by atoms with Crippen LogP contribution < -0.4 is 21.1 Å². The van der Waals surface area contributed by atoms with Crippen LogP contribution in [0.1, 0.15) is 31.9 Å². The molecule has 0 spiro atoms. The summed E-state index contributed by atoms with van der Waals surface area (Å²) in [5.41, 5.74) is 8.36. The van der Waals surface area contributed by atoms with E-state index in [4.69, 9.17) is 10.5 Å². The van der Waals surface area contributed by atoms with Gasteiger partial charge in [-0.25, -0.2) is 4.79 Å². The zero-order chi connectivity index (χ0) is 15.8. The van der Waals surface area contributed by atoms with Crippen molar-refractivity contribution in [2.24, 2.45) is 10.7 Å². The summed E-state index contributed by atoms with van der Waals surface area (Å²) in [6, 6.07) is 3.51. The lowest BCUT2D eigenvalue weighted by molar-refractivity contribution is 0.256. The molecule has 0 fully saturated rings. The van der Waals surface area contributed by atoms with E-state index in [2.05, 4.69) is 15.6 Å². The molecule has 0 unspecified atom stereocenters. The van der Waals surface area contributed by atoms with Crippen molar-refractivity contribution in [1.29, 1.82) is 0 Å². The maximum absolute atomic E-state index is 11.9. The van der Waals surface area contributed by atoms with E-state index in [0.29, 0.717) is 6.61 Å². The Bertz CT molecular complexity index is 501. The zero-order valence-electron chi connectivity index (χ0n) is 13.1. The fourth-order valence-corrected chi connectivity index (χ4v) is 2.02. The van der Waals surface area contributed by atoms with E-state index in [0.717, 1.165) is 35.4 Å². The lowest BCUT2D eigenvalue weighted by Gasteiger charge is -2.17. The Labute approximate surface area is 125 Å². The number of hydrogen-bond acceptors (Lipinski definition) is 3. The summed E-state index contributed by atoms with van der Waals surface area (Å²) in [6.07, 6.45) is 1.59. The van der Waals surface area contributed by atoms with Crippen molar-refractivity contribution in [2.75, 3.05) is 19.0 Å². The molecular formula is C15H24N4O2. The SMILES string of the molecule is CCOc1cc(CC)c(NC(=O)NC(N)=NC)c(CC)c1. The van der Waals surface area contributed by atoms with Gasteiger partial charge in [0.05, 0.1) is 6.61 Å². The summed E-state index contributed by atoms with van der Waals surface area (Å²) in [7, 11) is 1.52. The second-order valence-electron chi connectivity index (χ2n) is 4.44. The summed E-state index contributed by atoms with van der Waals surface area (Å²) in [4.78, 5) is 15.6. The van der Waals surface area contributed by atoms with Crippen molar-refractivity contribution >= 4 is 17.7 Å². The van der Waals surface area contributed by atoms with Gasteiger partial charge in [-0.3, -0.25) is 10.3 Å². The van der Waals surface area contributed by atoms with E-state index >= 15 is 0 Å². The largest absolute Gasteiger partial charge is 0.494 e. The highest BCUT2D eigenvalue weighted by molar-refractivity contribution is 6.02. The van der Waals surface area contributed by atoms with E-state index in [-0.39, 0.29) is 5.96 Å². The van der Waals surface area contributed by atoms with E-state index in [1.54, 1.807) is 0 Å². The van der Waals surface area contributed by atoms with Gasteiger partial charge in [-0.05, 0) is 43.0 Å². The topological polar surface area (TPSA) is 88.7 Å². The molecular weight excluding hydrogens is 268 g/mol. The zero-order valence-corrected chi connectivity index (χ0v) is 13.1. The van der Waals surface area contributed by atoms with Crippen molar-refractivity contribution in [3.05, 3.63) is 23.3 Å². The molecule has 0 saturated carbocycles. The predicted molar refractivity (Wildman–Crippen MR) is 86.1 cm³/mol. The molecule has 1 aromatic rings. The van der Waals surface area contributed by atoms with Gasteiger partial charge in [0.15, 0.2) is 5.96 Å². The molecule has 0 aliphatic carbocycles. The minimum atomic E-state index is -0.397. The lowest BCUT2D eigenvalue weighted by atomic mass is 10.0. The minimum Gasteiger partial charge on any atom is -0.494 e. The first-order valence-corrected chi connectivity index (χ1v) is 7.14. The molecule has 1 rings (SSSR count). The number of carbonyl (C=O) groups excluding carboxylic acids is 1. The number of nitrogens with two attached hydrogens (primary N) is 1. The van der Waals surface area contributed by atoms with Gasteiger partial charge < -0.3 is 15.8 Å². The van der Waals surface area contributed by atoms with E-state index < -0.39 is 6.03 Å². The first kappa shape index (κ1) is 16.8. The van der Waals surface area contributed by atoms with E-state index in [1.165, 1.54) is 7.05 Å². The van der Waals surface area contributed by atoms with Crippen LogP contribution in [-0.4, -0.2) is 25.6 Å². The van der Waals surface area contributed by atoms with Crippen LogP contribution in [-0.2, 0) is 12.8 Å². The van der Waals surface area contributed by atoms with Crippen LogP contribution >= 0.6 is 0 Å². The van der Waals surface area contributed by atoms with Crippen LogP contribution in [0, 0.1) is 0 Å². The van der Waals surface area contributed by atoms with E-state index in [1.807, 2.05) is 32.9 Å². The smallest absolute Gasteiger partial charge is 0.326 e. The number of urea groups is 1. The molecule has 0 aliphatic heterocycles. The average molecular weight is 292 g/mol. The van der Waals surface area contributed by atoms with Crippen molar-refractivity contribution in [1.82, 2.24) is 5.32 Å². The van der Waals surface area contributed by atoms with Gasteiger partial charge in [0.2, 0.25) is 0 Å². The number of rotatable bonds is 5. The number of aryl methyl sites for hydroxylation is 2. The van der Waals surface area contributed by atoms with Gasteiger partial charge in [-0.2, -0.15) is 0 Å². The van der Waals surface area contributed by atoms with Gasteiger partial charge in [0, 0.05) is 12.7 Å². The second kappa shape index (κ2) is 8.14. The number of ether oxygens (including phenoxy) is 1. The van der Waals surface area contributed by atoms with Crippen molar-refractivity contribution in [3.63, 3.8) is 0 Å². The summed E-state index contributed by atoms with van der Waals surface area (Å²) in [5, 5.41) is 5.32. The molecule has 0 atom stereocenters. The highest BCUT2D eigenvalue weighted by atomic mass is 16.5. The van der Waals surface area contributed by atoms with Crippen molar-refractivity contribution in [3.8, 4) is 5.75 Å². The summed E-state index contributed by atoms with van der Waals surface area (Å²) >= 11 is 0. The fourth-order valence-electron chi connectivity index (χ4n) is 2.02. The molecule has 0 saturated heterocycles. The number of nitrogens with zero attached hydrogens (tertiary/aromatic N) is 1. The van der Waals surface area contributed by atoms with Crippen LogP contribution in [0.5, 0.6) is 5.75 Å². The monoisotopic (exact) mass is 292 g/mol. The molecule has 21 heavy (non-hydrogen) atoms. The van der Waals surface area contributed by atoms with E-state index in [9.17, 15) is 4.79 Å². The predicted octanol–water partition coefficient (Wildman–Crippen LogP) is 2.28. The molecule has 0 bridgehead atoms. The standard InChI is InChI=1S/C15H24N4O2/c1-5-10-8-12(21-7-3)9-11(6-2)13(10)18-15(20)19-14(16)17-4/h8-9H,5-7H2,1-4H3,(H4,16,17,18,19,20). The Hall–Kier alpha value is -2.24. The van der Waals surface area contributed by atoms with Gasteiger partial charge in [-0.1, -0.05) is 13.8 Å². The maximum Gasteiger partial charge on any atom is 0.326 e. The molecule has 4 N–H and O–H groups in total. The Morgan fingerprint density at radius 3 is 2.24 bits per heavy atom. The number of anilines is 1. The van der Waals surface area contributed by atoms with Crippen LogP contribution in [0.3, 0.4) is 0 Å². The number of hydrogen-bond donors (Lipinski definition) is 3. The summed E-state index contributed by atoms with van der Waals surface area (Å²) in [6.45, 7) is 6.64. The van der Waals surface area contributed by atoms with Gasteiger partial charge in [0.1, 0.15) is 5.75 Å². The third-order valence-corrected chi connectivity index (χ3v) is 3.07. The number of carbonyl (C=O) groups is 1. The Morgan fingerprint density at radius 1 is 1.24 bits per heavy atom. The Morgan fingerprint density at radius 2 is 1.81 bits per heavy atom. The molecule has 0 aliphatic rings. The van der Waals surface area contributed by atoms with Crippen molar-refractivity contribution in [2.45, 2.75) is 33.6 Å². The van der Waals surface area contributed by atoms with Crippen LogP contribution in [0.2, 0.25) is 0 Å². The molecule has 0 radical (unpaired) electrons. The number of benzene rings is 1. The number of guanidine groups is 1. The summed E-state index contributed by atoms with van der Waals surface area (Å²) < 4.78 is 5.57. The molecule has 6 nitrogen and oxygen atoms in total. The quantitative estimate of drug-likeness (QED) is 0.574. The van der Waals surface area contributed by atoms with Crippen LogP contribution in [0.4, 0.5) is 10.5 Å².